The Hall–Kier alpha value is -2.13. The number of thiazole rings is 1. The molecular weight excluding hydrogens is 534 g/mol. The van der Waals surface area contributed by atoms with Crippen LogP contribution in [0.5, 0.6) is 0 Å². The highest BCUT2D eigenvalue weighted by molar-refractivity contribution is 7.18. The van der Waals surface area contributed by atoms with Crippen molar-refractivity contribution in [2.24, 2.45) is 11.8 Å². The number of ketones is 2. The number of carbonyl (C=O) groups is 3. The molecule has 4 rings (SSSR count). The molecule has 2 aliphatic heterocycles. The summed E-state index contributed by atoms with van der Waals surface area (Å²) in [6, 6.07) is 5.40. The first-order valence-electron chi connectivity index (χ1n) is 14.2. The van der Waals surface area contributed by atoms with Gasteiger partial charge in [0.1, 0.15) is 5.78 Å². The summed E-state index contributed by atoms with van der Waals surface area (Å²) < 4.78 is 6.53. The molecule has 0 unspecified atom stereocenters. The van der Waals surface area contributed by atoms with Crippen molar-refractivity contribution in [3.8, 4) is 0 Å². The standard InChI is InChI=1S/C30H40ClN3O4S/c1-3-24(35)16-22(17-29-32-26-7-6-23(31)18-28(26)39-29)30(37)33-25(21-10-14-38-15-11-21)8-9-27(36)20(2)19-34-12-4-5-13-34/h6-7,18,21-22,25H,2-5,8-17,19H2,1H3,(H,33,37)/t22-,25+/m0/s1. The fraction of sp³-hybridized carbons (Fsp3) is 0.600. The zero-order valence-corrected chi connectivity index (χ0v) is 24.5. The van der Waals surface area contributed by atoms with Crippen LogP contribution in [0.3, 0.4) is 0 Å². The number of likely N-dealkylation sites (tertiary alicyclic amines) is 1. The molecule has 7 nitrogen and oxygen atoms in total. The summed E-state index contributed by atoms with van der Waals surface area (Å²) in [6.45, 7) is 9.85. The minimum absolute atomic E-state index is 0.0512. The molecule has 0 radical (unpaired) electrons. The number of benzene rings is 1. The number of ether oxygens (including phenoxy) is 1. The Morgan fingerprint density at radius 2 is 1.97 bits per heavy atom. The molecule has 0 bridgehead atoms. The van der Waals surface area contributed by atoms with Gasteiger partial charge in [-0.1, -0.05) is 25.1 Å². The predicted octanol–water partition coefficient (Wildman–Crippen LogP) is 5.39. The van der Waals surface area contributed by atoms with Gasteiger partial charge in [0, 0.05) is 62.1 Å². The van der Waals surface area contributed by atoms with Crippen LogP contribution in [0.15, 0.2) is 30.4 Å². The summed E-state index contributed by atoms with van der Waals surface area (Å²) in [5, 5.41) is 4.72. The van der Waals surface area contributed by atoms with Crippen LogP contribution >= 0.6 is 22.9 Å². The average Bonchev–Trinajstić information content (AvgIpc) is 3.59. The summed E-state index contributed by atoms with van der Waals surface area (Å²) in [7, 11) is 0. The maximum Gasteiger partial charge on any atom is 0.224 e. The fourth-order valence-corrected chi connectivity index (χ4v) is 6.85. The van der Waals surface area contributed by atoms with E-state index >= 15 is 0 Å². The van der Waals surface area contributed by atoms with Gasteiger partial charge in [-0.2, -0.15) is 0 Å². The highest BCUT2D eigenvalue weighted by Crippen LogP contribution is 2.28. The van der Waals surface area contributed by atoms with Gasteiger partial charge in [-0.25, -0.2) is 4.98 Å². The van der Waals surface area contributed by atoms with E-state index < -0.39 is 5.92 Å². The number of halogens is 1. The maximum atomic E-state index is 13.7. The molecule has 1 amide bonds. The van der Waals surface area contributed by atoms with Crippen molar-refractivity contribution in [3.63, 3.8) is 0 Å². The predicted molar refractivity (Wildman–Crippen MR) is 156 cm³/mol. The van der Waals surface area contributed by atoms with Gasteiger partial charge in [-0.05, 0) is 69.3 Å². The number of hydrogen-bond donors (Lipinski definition) is 1. The molecule has 3 heterocycles. The molecule has 2 aliphatic rings. The first kappa shape index (κ1) is 29.8. The van der Waals surface area contributed by atoms with Gasteiger partial charge in [-0.15, -0.1) is 11.3 Å². The molecule has 9 heteroatoms. The van der Waals surface area contributed by atoms with Crippen molar-refractivity contribution in [2.45, 2.75) is 70.8 Å². The van der Waals surface area contributed by atoms with Gasteiger partial charge in [0.15, 0.2) is 5.78 Å². The third-order valence-corrected chi connectivity index (χ3v) is 9.18. The van der Waals surface area contributed by atoms with E-state index in [1.807, 2.05) is 19.1 Å². The van der Waals surface area contributed by atoms with Gasteiger partial charge in [0.05, 0.1) is 21.1 Å². The van der Waals surface area contributed by atoms with E-state index in [9.17, 15) is 14.4 Å². The second-order valence-corrected chi connectivity index (χ2v) is 12.4. The zero-order valence-electron chi connectivity index (χ0n) is 22.9. The molecule has 39 heavy (non-hydrogen) atoms. The van der Waals surface area contributed by atoms with Gasteiger partial charge in [0.25, 0.3) is 0 Å². The van der Waals surface area contributed by atoms with Crippen LogP contribution in [0.2, 0.25) is 5.02 Å². The number of hydrogen-bond acceptors (Lipinski definition) is 7. The van der Waals surface area contributed by atoms with E-state index in [-0.39, 0.29) is 35.9 Å². The quantitative estimate of drug-likeness (QED) is 0.305. The van der Waals surface area contributed by atoms with Gasteiger partial charge in [0.2, 0.25) is 5.91 Å². The maximum absolute atomic E-state index is 13.7. The van der Waals surface area contributed by atoms with Crippen molar-refractivity contribution in [1.29, 1.82) is 0 Å². The Morgan fingerprint density at radius 3 is 2.69 bits per heavy atom. The molecule has 2 fully saturated rings. The molecule has 1 N–H and O–H groups in total. The molecule has 0 aliphatic carbocycles. The van der Waals surface area contributed by atoms with Crippen molar-refractivity contribution < 1.29 is 19.1 Å². The van der Waals surface area contributed by atoms with E-state index in [2.05, 4.69) is 16.8 Å². The van der Waals surface area contributed by atoms with E-state index in [0.29, 0.717) is 56.0 Å². The number of carbonyl (C=O) groups excluding carboxylic acids is 3. The number of fused-ring (bicyclic) bond motifs is 1. The van der Waals surface area contributed by atoms with Crippen molar-refractivity contribution in [2.75, 3.05) is 32.8 Å². The lowest BCUT2D eigenvalue weighted by Gasteiger charge is -2.32. The Kier molecular flexibility index (Phi) is 11.1. The third-order valence-electron chi connectivity index (χ3n) is 7.91. The summed E-state index contributed by atoms with van der Waals surface area (Å²) in [6.07, 6.45) is 5.88. The van der Waals surface area contributed by atoms with Gasteiger partial charge in [-0.3, -0.25) is 19.3 Å². The van der Waals surface area contributed by atoms with Crippen LogP contribution in [-0.2, 0) is 25.5 Å². The first-order chi connectivity index (χ1) is 18.8. The van der Waals surface area contributed by atoms with Crippen LogP contribution < -0.4 is 5.32 Å². The molecule has 2 saturated heterocycles. The monoisotopic (exact) mass is 573 g/mol. The number of nitrogens with one attached hydrogen (secondary N) is 1. The molecule has 0 spiro atoms. The molecule has 2 aromatic rings. The number of amides is 1. The third kappa shape index (κ3) is 8.68. The Labute approximate surface area is 240 Å². The van der Waals surface area contributed by atoms with E-state index in [1.165, 1.54) is 24.2 Å². The van der Waals surface area contributed by atoms with E-state index in [4.69, 9.17) is 21.3 Å². The van der Waals surface area contributed by atoms with E-state index in [1.54, 1.807) is 6.07 Å². The minimum atomic E-state index is -0.517. The number of nitrogens with zero attached hydrogens (tertiary/aromatic N) is 2. The smallest absolute Gasteiger partial charge is 0.224 e. The Morgan fingerprint density at radius 1 is 1.23 bits per heavy atom. The summed E-state index contributed by atoms with van der Waals surface area (Å²) >= 11 is 7.65. The number of aromatic nitrogens is 1. The normalized spacial score (nSPS) is 18.2. The summed E-state index contributed by atoms with van der Waals surface area (Å²) in [5.74, 6) is -0.311. The van der Waals surface area contributed by atoms with Crippen LogP contribution in [0.1, 0.15) is 63.3 Å². The Bertz CT molecular complexity index is 1170. The number of rotatable bonds is 14. The average molecular weight is 574 g/mol. The van der Waals surface area contributed by atoms with Crippen LogP contribution in [0.4, 0.5) is 0 Å². The highest BCUT2D eigenvalue weighted by Gasteiger charge is 2.30. The largest absolute Gasteiger partial charge is 0.381 e. The first-order valence-corrected chi connectivity index (χ1v) is 15.4. The summed E-state index contributed by atoms with van der Waals surface area (Å²) in [4.78, 5) is 46.1. The van der Waals surface area contributed by atoms with Crippen molar-refractivity contribution in [1.82, 2.24) is 15.2 Å². The van der Waals surface area contributed by atoms with Crippen LogP contribution in [0.25, 0.3) is 10.2 Å². The molecule has 212 valence electrons. The SMILES string of the molecule is C=C(CN1CCCC1)C(=O)CC[C@@H](NC(=O)[C@@H](CC(=O)CC)Cc1nc2ccc(Cl)cc2s1)C1CCOCC1. The number of Topliss-reactive ketones (excluding diaryl/α,β-unsaturated/α-hetero) is 2. The fourth-order valence-electron chi connectivity index (χ4n) is 5.53. The van der Waals surface area contributed by atoms with E-state index in [0.717, 1.165) is 41.2 Å². The molecule has 1 aromatic carbocycles. The highest BCUT2D eigenvalue weighted by atomic mass is 35.5. The summed E-state index contributed by atoms with van der Waals surface area (Å²) in [5.41, 5.74) is 1.49. The molecule has 2 atom stereocenters. The lowest BCUT2D eigenvalue weighted by molar-refractivity contribution is -0.130. The molecule has 0 saturated carbocycles. The second-order valence-electron chi connectivity index (χ2n) is 10.8. The second kappa shape index (κ2) is 14.5. The van der Waals surface area contributed by atoms with Gasteiger partial charge < -0.3 is 10.1 Å². The lowest BCUT2D eigenvalue weighted by atomic mass is 9.87. The van der Waals surface area contributed by atoms with Crippen molar-refractivity contribution in [3.05, 3.63) is 40.4 Å². The topological polar surface area (TPSA) is 88.6 Å². The van der Waals surface area contributed by atoms with Crippen LogP contribution in [-0.4, -0.2) is 66.2 Å². The van der Waals surface area contributed by atoms with Gasteiger partial charge >= 0.3 is 0 Å². The minimum Gasteiger partial charge on any atom is -0.381 e. The molecular formula is C30H40ClN3O4S. The zero-order chi connectivity index (χ0) is 27.8. The molecule has 1 aromatic heterocycles. The Balaban J connectivity index is 1.43. The van der Waals surface area contributed by atoms with Crippen LogP contribution in [0, 0.1) is 11.8 Å². The lowest BCUT2D eigenvalue weighted by Crippen LogP contribution is -2.46. The van der Waals surface area contributed by atoms with Crippen molar-refractivity contribution >= 4 is 50.6 Å².